The van der Waals surface area contributed by atoms with Crippen LogP contribution in [-0.4, -0.2) is 0 Å². The van der Waals surface area contributed by atoms with E-state index < -0.39 is 0 Å². The highest BCUT2D eigenvalue weighted by Gasteiger charge is 2.09. The Morgan fingerprint density at radius 1 is 1.29 bits per heavy atom. The fraction of sp³-hybridized carbons (Fsp3) is 0.538. The molecule has 14 heavy (non-hydrogen) atoms. The molecule has 0 amide bonds. The highest BCUT2D eigenvalue weighted by atomic mass is 32.1. The molecule has 0 spiro atoms. The highest BCUT2D eigenvalue weighted by molar-refractivity contribution is 7.11. The molecule has 1 heterocycles. The molecule has 1 aromatic heterocycles. The fourth-order valence-electron chi connectivity index (χ4n) is 1.57. The molecule has 1 aromatic rings. The summed E-state index contributed by atoms with van der Waals surface area (Å²) in [5.74, 6) is 0. The third kappa shape index (κ3) is 2.71. The Hall–Kier alpha value is -0.560. The van der Waals surface area contributed by atoms with Gasteiger partial charge in [-0.05, 0) is 41.8 Å². The molecule has 0 saturated heterocycles. The first-order valence-electron chi connectivity index (χ1n) is 5.59. The van der Waals surface area contributed by atoms with Gasteiger partial charge in [-0.1, -0.05) is 33.3 Å². The van der Waals surface area contributed by atoms with E-state index in [1.165, 1.54) is 30.6 Å². The summed E-state index contributed by atoms with van der Waals surface area (Å²) in [6, 6.07) is 0. The van der Waals surface area contributed by atoms with Crippen LogP contribution in [0.3, 0.4) is 0 Å². The third-order valence-electron chi connectivity index (χ3n) is 2.22. The highest BCUT2D eigenvalue weighted by Crippen LogP contribution is 2.28. The molecular formula is C13H20S. The van der Waals surface area contributed by atoms with Crippen molar-refractivity contribution in [2.45, 2.75) is 46.5 Å². The second-order valence-corrected chi connectivity index (χ2v) is 4.52. The van der Waals surface area contributed by atoms with Gasteiger partial charge < -0.3 is 0 Å². The molecule has 0 unspecified atom stereocenters. The van der Waals surface area contributed by atoms with Crippen LogP contribution < -0.4 is 0 Å². The van der Waals surface area contributed by atoms with Crippen LogP contribution in [0.5, 0.6) is 0 Å². The summed E-state index contributed by atoms with van der Waals surface area (Å²) in [6.07, 6.45) is 9.48. The molecule has 1 aliphatic carbocycles. The Kier molecular flexibility index (Phi) is 4.95. The number of fused-ring (bicyclic) bond motifs is 1. The van der Waals surface area contributed by atoms with Crippen LogP contribution >= 0.6 is 11.3 Å². The van der Waals surface area contributed by atoms with Crippen molar-refractivity contribution in [1.82, 2.24) is 0 Å². The maximum Gasteiger partial charge on any atom is 0.0302 e. The van der Waals surface area contributed by atoms with E-state index in [4.69, 9.17) is 0 Å². The van der Waals surface area contributed by atoms with Crippen LogP contribution in [0.25, 0.3) is 6.08 Å². The van der Waals surface area contributed by atoms with Gasteiger partial charge in [-0.25, -0.2) is 0 Å². The fourth-order valence-corrected chi connectivity index (χ4v) is 2.70. The van der Waals surface area contributed by atoms with Gasteiger partial charge in [0, 0.05) is 4.88 Å². The van der Waals surface area contributed by atoms with Crippen molar-refractivity contribution in [3.8, 4) is 0 Å². The topological polar surface area (TPSA) is 0 Å². The minimum Gasteiger partial charge on any atom is -0.144 e. The van der Waals surface area contributed by atoms with Crippen molar-refractivity contribution in [1.29, 1.82) is 0 Å². The van der Waals surface area contributed by atoms with Gasteiger partial charge in [0.25, 0.3) is 0 Å². The number of hydrogen-bond acceptors (Lipinski definition) is 1. The van der Waals surface area contributed by atoms with Crippen LogP contribution in [0, 0.1) is 0 Å². The largest absolute Gasteiger partial charge is 0.144 e. The van der Waals surface area contributed by atoms with E-state index in [1.807, 2.05) is 11.3 Å². The Labute approximate surface area is 91.7 Å². The van der Waals surface area contributed by atoms with E-state index in [1.54, 1.807) is 11.1 Å². The molecule has 0 aromatic carbocycles. The van der Waals surface area contributed by atoms with E-state index >= 15 is 0 Å². The van der Waals surface area contributed by atoms with Gasteiger partial charge in [-0.3, -0.25) is 0 Å². The summed E-state index contributed by atoms with van der Waals surface area (Å²) in [4.78, 5) is 1.49. The second kappa shape index (κ2) is 6.02. The maximum absolute atomic E-state index is 2.31. The standard InChI is InChI=1S/C10H12S.C3H8/c1-2-8-7-11-10-6-4-3-5-9(8)10;1-3-2/h4,6-7H,2-3,5H2,1H3;3H2,1-2H3. The van der Waals surface area contributed by atoms with Gasteiger partial charge in [0.05, 0.1) is 0 Å². The summed E-state index contributed by atoms with van der Waals surface area (Å²) in [5, 5.41) is 2.31. The van der Waals surface area contributed by atoms with E-state index in [9.17, 15) is 0 Å². The minimum atomic E-state index is 1.19. The van der Waals surface area contributed by atoms with Gasteiger partial charge in [0.1, 0.15) is 0 Å². The molecule has 0 fully saturated rings. The Morgan fingerprint density at radius 2 is 2.00 bits per heavy atom. The van der Waals surface area contributed by atoms with Gasteiger partial charge in [0.15, 0.2) is 0 Å². The lowest BCUT2D eigenvalue weighted by Crippen LogP contribution is -1.92. The molecule has 1 aliphatic rings. The first kappa shape index (κ1) is 11.5. The molecule has 0 saturated carbocycles. The summed E-state index contributed by atoms with van der Waals surface area (Å²) >= 11 is 1.89. The average molecular weight is 208 g/mol. The second-order valence-electron chi connectivity index (χ2n) is 3.61. The van der Waals surface area contributed by atoms with Crippen molar-refractivity contribution >= 4 is 17.4 Å². The normalized spacial score (nSPS) is 13.1. The number of aryl methyl sites for hydroxylation is 1. The van der Waals surface area contributed by atoms with E-state index in [0.717, 1.165) is 0 Å². The monoisotopic (exact) mass is 208 g/mol. The molecule has 1 heteroatoms. The predicted octanol–water partition coefficient (Wildman–Crippen LogP) is 4.69. The van der Waals surface area contributed by atoms with Crippen LogP contribution in [0.2, 0.25) is 0 Å². The predicted molar refractivity (Wildman–Crippen MR) is 67.0 cm³/mol. The Balaban J connectivity index is 0.000000293. The van der Waals surface area contributed by atoms with E-state index in [2.05, 4.69) is 38.3 Å². The molecule has 0 N–H and O–H groups in total. The van der Waals surface area contributed by atoms with E-state index in [-0.39, 0.29) is 0 Å². The summed E-state index contributed by atoms with van der Waals surface area (Å²) < 4.78 is 0. The lowest BCUT2D eigenvalue weighted by molar-refractivity contribution is 0.961. The van der Waals surface area contributed by atoms with E-state index in [0.29, 0.717) is 0 Å². The van der Waals surface area contributed by atoms with Crippen molar-refractivity contribution in [3.05, 3.63) is 27.5 Å². The number of hydrogen-bond donors (Lipinski definition) is 0. The smallest absolute Gasteiger partial charge is 0.0302 e. The molecule has 2 rings (SSSR count). The summed E-state index contributed by atoms with van der Waals surface area (Å²) in [6.45, 7) is 6.49. The van der Waals surface area contributed by atoms with Crippen molar-refractivity contribution < 1.29 is 0 Å². The molecule has 78 valence electrons. The van der Waals surface area contributed by atoms with Gasteiger partial charge in [0.2, 0.25) is 0 Å². The molecule has 0 aliphatic heterocycles. The third-order valence-corrected chi connectivity index (χ3v) is 3.26. The molecular weight excluding hydrogens is 188 g/mol. The van der Waals surface area contributed by atoms with Crippen LogP contribution in [0.4, 0.5) is 0 Å². The van der Waals surface area contributed by atoms with Crippen molar-refractivity contribution in [2.75, 3.05) is 0 Å². The molecule has 0 radical (unpaired) electrons. The first-order valence-corrected chi connectivity index (χ1v) is 6.47. The summed E-state index contributed by atoms with van der Waals surface area (Å²) in [5.41, 5.74) is 3.18. The van der Waals surface area contributed by atoms with Gasteiger partial charge >= 0.3 is 0 Å². The maximum atomic E-state index is 2.31. The van der Waals surface area contributed by atoms with Crippen LogP contribution in [0.1, 0.15) is 49.6 Å². The average Bonchev–Trinajstić information content (AvgIpc) is 2.62. The number of thiophene rings is 1. The lowest BCUT2D eigenvalue weighted by Gasteiger charge is -2.05. The van der Waals surface area contributed by atoms with Gasteiger partial charge in [-0.15, -0.1) is 11.3 Å². The van der Waals surface area contributed by atoms with Gasteiger partial charge in [-0.2, -0.15) is 0 Å². The van der Waals surface area contributed by atoms with Crippen LogP contribution in [0.15, 0.2) is 11.5 Å². The number of rotatable bonds is 1. The summed E-state index contributed by atoms with van der Waals surface area (Å²) in [7, 11) is 0. The minimum absolute atomic E-state index is 1.19. The Morgan fingerprint density at radius 3 is 2.64 bits per heavy atom. The lowest BCUT2D eigenvalue weighted by atomic mass is 10.00. The van der Waals surface area contributed by atoms with Crippen molar-refractivity contribution in [3.63, 3.8) is 0 Å². The number of allylic oxidation sites excluding steroid dienone is 1. The Bertz CT molecular complexity index is 294. The zero-order valence-electron chi connectivity index (χ0n) is 9.47. The SMILES string of the molecule is CCC.CCc1csc2c1CCC=C2. The first-order chi connectivity index (χ1) is 6.83. The zero-order chi connectivity index (χ0) is 10.4. The molecule has 0 atom stereocenters. The molecule has 0 bridgehead atoms. The van der Waals surface area contributed by atoms with Crippen molar-refractivity contribution in [2.24, 2.45) is 0 Å². The van der Waals surface area contributed by atoms with Crippen LogP contribution in [-0.2, 0) is 12.8 Å². The molecule has 0 nitrogen and oxygen atoms in total. The zero-order valence-corrected chi connectivity index (χ0v) is 10.3. The quantitative estimate of drug-likeness (QED) is 0.628.